The van der Waals surface area contributed by atoms with Crippen molar-refractivity contribution in [3.8, 4) is 11.4 Å². The maximum atomic E-state index is 13.3. The molecule has 5 nitrogen and oxygen atoms in total. The van der Waals surface area contributed by atoms with E-state index in [1.54, 1.807) is 0 Å². The Balaban J connectivity index is 1.57. The predicted molar refractivity (Wildman–Crippen MR) is 108 cm³/mol. The van der Waals surface area contributed by atoms with E-state index in [0.29, 0.717) is 11.7 Å². The highest BCUT2D eigenvalue weighted by Crippen LogP contribution is 2.35. The molecule has 144 valence electrons. The molecule has 28 heavy (non-hydrogen) atoms. The monoisotopic (exact) mass is 375 g/mol. The number of carbonyl (C=O) groups excluding carboxylic acids is 1. The quantitative estimate of drug-likeness (QED) is 0.636. The number of hydrogen-bond acceptors (Lipinski definition) is 4. The Bertz CT molecular complexity index is 934. The summed E-state index contributed by atoms with van der Waals surface area (Å²) in [5, 5.41) is 4.15. The largest absolute Gasteiger partial charge is 0.337 e. The molecule has 0 spiro atoms. The molecule has 1 saturated heterocycles. The van der Waals surface area contributed by atoms with Gasteiger partial charge in [0, 0.05) is 12.1 Å². The fourth-order valence-corrected chi connectivity index (χ4v) is 3.92. The molecule has 2 aromatic carbocycles. The van der Waals surface area contributed by atoms with E-state index in [9.17, 15) is 4.79 Å². The molecule has 1 aliphatic heterocycles. The van der Waals surface area contributed by atoms with E-state index in [2.05, 4.69) is 17.1 Å². The normalized spacial score (nSPS) is 17.6. The zero-order chi connectivity index (χ0) is 19.5. The lowest BCUT2D eigenvalue weighted by molar-refractivity contribution is -0.134. The summed E-state index contributed by atoms with van der Waals surface area (Å²) in [6, 6.07) is 17.9. The first kappa shape index (κ1) is 18.4. The van der Waals surface area contributed by atoms with Gasteiger partial charge in [0.25, 0.3) is 0 Å². The number of likely N-dealkylation sites (tertiary alicyclic amines) is 1. The van der Waals surface area contributed by atoms with Gasteiger partial charge in [-0.05, 0) is 31.7 Å². The van der Waals surface area contributed by atoms with Gasteiger partial charge in [0.1, 0.15) is 6.04 Å². The van der Waals surface area contributed by atoms with Gasteiger partial charge in [0.05, 0.1) is 5.92 Å². The molecule has 5 heteroatoms. The number of aromatic nitrogens is 2. The Hall–Kier alpha value is -2.95. The van der Waals surface area contributed by atoms with E-state index in [1.807, 2.05) is 66.4 Å². The number of nitrogens with zero attached hydrogens (tertiary/aromatic N) is 3. The second-order valence-electron chi connectivity index (χ2n) is 7.38. The first-order valence-corrected chi connectivity index (χ1v) is 9.93. The smallest absolute Gasteiger partial charge is 0.249 e. The van der Waals surface area contributed by atoms with E-state index in [0.717, 1.165) is 36.9 Å². The molecule has 2 heterocycles. The van der Waals surface area contributed by atoms with Crippen molar-refractivity contribution in [1.82, 2.24) is 15.0 Å². The lowest BCUT2D eigenvalue weighted by atomic mass is 9.94. The van der Waals surface area contributed by atoms with Gasteiger partial charge in [-0.25, -0.2) is 0 Å². The Labute approximate surface area is 165 Å². The third kappa shape index (κ3) is 3.57. The number of hydrogen-bond donors (Lipinski definition) is 0. The van der Waals surface area contributed by atoms with Crippen LogP contribution >= 0.6 is 0 Å². The van der Waals surface area contributed by atoms with Crippen molar-refractivity contribution in [1.29, 1.82) is 0 Å². The van der Waals surface area contributed by atoms with Gasteiger partial charge in [-0.15, -0.1) is 0 Å². The van der Waals surface area contributed by atoms with Crippen molar-refractivity contribution >= 4 is 5.91 Å². The summed E-state index contributed by atoms with van der Waals surface area (Å²) < 4.78 is 5.58. The van der Waals surface area contributed by atoms with Crippen molar-refractivity contribution < 1.29 is 9.32 Å². The minimum absolute atomic E-state index is 0.138. The molecule has 1 aliphatic rings. The standard InChI is InChI=1S/C23H25N3O2/c1-3-19(17-8-5-4-6-9-17)23(27)26-15-7-10-20(26)22-24-21(25-28-22)18-13-11-16(2)12-14-18/h4-6,8-9,11-14,19-20H,3,7,10,15H2,1-2H3. The third-order valence-electron chi connectivity index (χ3n) is 5.48. The number of rotatable bonds is 5. The molecule has 1 aromatic heterocycles. The molecule has 2 atom stereocenters. The molecule has 4 rings (SSSR count). The summed E-state index contributed by atoms with van der Waals surface area (Å²) in [5.74, 6) is 1.11. The number of aryl methyl sites for hydroxylation is 1. The van der Waals surface area contributed by atoms with Crippen molar-refractivity contribution in [3.63, 3.8) is 0 Å². The van der Waals surface area contributed by atoms with Crippen LogP contribution in [0.2, 0.25) is 0 Å². The molecule has 0 radical (unpaired) electrons. The van der Waals surface area contributed by atoms with Crippen LogP contribution in [0.1, 0.15) is 55.2 Å². The van der Waals surface area contributed by atoms with Crippen molar-refractivity contribution in [2.75, 3.05) is 6.54 Å². The zero-order valence-electron chi connectivity index (χ0n) is 16.3. The van der Waals surface area contributed by atoms with Gasteiger partial charge in [0.15, 0.2) is 0 Å². The summed E-state index contributed by atoms with van der Waals surface area (Å²) in [4.78, 5) is 19.8. The number of carbonyl (C=O) groups is 1. The predicted octanol–water partition coefficient (Wildman–Crippen LogP) is 4.90. The van der Waals surface area contributed by atoms with Crippen LogP contribution in [-0.4, -0.2) is 27.5 Å². The molecule has 0 N–H and O–H groups in total. The van der Waals surface area contributed by atoms with Crippen LogP contribution in [0.3, 0.4) is 0 Å². The van der Waals surface area contributed by atoms with Crippen molar-refractivity contribution in [2.24, 2.45) is 0 Å². The van der Waals surface area contributed by atoms with E-state index >= 15 is 0 Å². The molecular weight excluding hydrogens is 350 g/mol. The Morgan fingerprint density at radius 2 is 1.93 bits per heavy atom. The van der Waals surface area contributed by atoms with Gasteiger partial charge < -0.3 is 9.42 Å². The van der Waals surface area contributed by atoms with E-state index in [1.165, 1.54) is 5.56 Å². The van der Waals surface area contributed by atoms with Crippen LogP contribution in [0.15, 0.2) is 59.1 Å². The first-order valence-electron chi connectivity index (χ1n) is 9.93. The first-order chi connectivity index (χ1) is 13.7. The molecule has 0 bridgehead atoms. The van der Waals surface area contributed by atoms with E-state index in [4.69, 9.17) is 4.52 Å². The maximum absolute atomic E-state index is 13.3. The summed E-state index contributed by atoms with van der Waals surface area (Å²) in [5.41, 5.74) is 3.17. The summed E-state index contributed by atoms with van der Waals surface area (Å²) in [6.07, 6.45) is 2.57. The van der Waals surface area contributed by atoms with Gasteiger partial charge in [0.2, 0.25) is 17.6 Å². The molecule has 1 amide bonds. The average molecular weight is 375 g/mol. The highest BCUT2D eigenvalue weighted by Gasteiger charge is 2.37. The summed E-state index contributed by atoms with van der Waals surface area (Å²) in [6.45, 7) is 4.84. The van der Waals surface area contributed by atoms with Crippen molar-refractivity contribution in [2.45, 2.75) is 45.1 Å². The fourth-order valence-electron chi connectivity index (χ4n) is 3.92. The van der Waals surface area contributed by atoms with Gasteiger partial charge in [-0.1, -0.05) is 72.2 Å². The fraction of sp³-hybridized carbons (Fsp3) is 0.348. The number of benzene rings is 2. The Kier molecular flexibility index (Phi) is 5.24. The topological polar surface area (TPSA) is 59.2 Å². The molecule has 2 unspecified atom stereocenters. The second kappa shape index (κ2) is 7.97. The summed E-state index contributed by atoms with van der Waals surface area (Å²) in [7, 11) is 0. The Morgan fingerprint density at radius 3 is 2.64 bits per heavy atom. The number of amides is 1. The lowest BCUT2D eigenvalue weighted by Gasteiger charge is -2.26. The molecule has 0 aliphatic carbocycles. The minimum Gasteiger partial charge on any atom is -0.337 e. The van der Waals surface area contributed by atoms with E-state index < -0.39 is 0 Å². The van der Waals surface area contributed by atoms with E-state index in [-0.39, 0.29) is 17.9 Å². The molecule has 0 saturated carbocycles. The van der Waals surface area contributed by atoms with Crippen LogP contribution in [-0.2, 0) is 4.79 Å². The third-order valence-corrected chi connectivity index (χ3v) is 5.48. The average Bonchev–Trinajstić information content (AvgIpc) is 3.39. The van der Waals surface area contributed by atoms with Crippen LogP contribution in [0.5, 0.6) is 0 Å². The second-order valence-corrected chi connectivity index (χ2v) is 7.38. The highest BCUT2D eigenvalue weighted by atomic mass is 16.5. The summed E-state index contributed by atoms with van der Waals surface area (Å²) >= 11 is 0. The molecular formula is C23H25N3O2. The van der Waals surface area contributed by atoms with Gasteiger partial charge in [-0.3, -0.25) is 4.79 Å². The highest BCUT2D eigenvalue weighted by molar-refractivity contribution is 5.84. The van der Waals surface area contributed by atoms with Crippen LogP contribution in [0.25, 0.3) is 11.4 Å². The van der Waals surface area contributed by atoms with Crippen molar-refractivity contribution in [3.05, 3.63) is 71.6 Å². The molecule has 1 fully saturated rings. The van der Waals surface area contributed by atoms with Gasteiger partial charge >= 0.3 is 0 Å². The van der Waals surface area contributed by atoms with Crippen LogP contribution in [0.4, 0.5) is 0 Å². The maximum Gasteiger partial charge on any atom is 0.249 e. The lowest BCUT2D eigenvalue weighted by Crippen LogP contribution is -2.34. The zero-order valence-corrected chi connectivity index (χ0v) is 16.3. The minimum atomic E-state index is -0.142. The van der Waals surface area contributed by atoms with Crippen LogP contribution in [0, 0.1) is 6.92 Å². The molecule has 3 aromatic rings. The van der Waals surface area contributed by atoms with Crippen LogP contribution < -0.4 is 0 Å². The van der Waals surface area contributed by atoms with Gasteiger partial charge in [-0.2, -0.15) is 4.98 Å². The SMILES string of the molecule is CCC(C(=O)N1CCCC1c1nc(-c2ccc(C)cc2)no1)c1ccccc1. The Morgan fingerprint density at radius 1 is 1.18 bits per heavy atom.